The van der Waals surface area contributed by atoms with Crippen LogP contribution in [-0.2, 0) is 6.42 Å². The maximum atomic E-state index is 3.69. The van der Waals surface area contributed by atoms with Crippen molar-refractivity contribution in [3.05, 3.63) is 35.9 Å². The lowest BCUT2D eigenvalue weighted by atomic mass is 10.0. The lowest BCUT2D eigenvalue weighted by Crippen LogP contribution is -2.37. The Hall–Kier alpha value is -0.470. The normalized spacial score (nSPS) is 21.1. The van der Waals surface area contributed by atoms with Gasteiger partial charge in [0.2, 0.25) is 0 Å². The third-order valence-corrected chi connectivity index (χ3v) is 5.22. The van der Waals surface area contributed by atoms with E-state index in [1.54, 1.807) is 0 Å². The Labute approximate surface area is 116 Å². The molecule has 1 fully saturated rings. The van der Waals surface area contributed by atoms with E-state index in [1.165, 1.54) is 43.4 Å². The summed E-state index contributed by atoms with van der Waals surface area (Å²) in [6.07, 6.45) is 6.67. The van der Waals surface area contributed by atoms with Gasteiger partial charge in [0.25, 0.3) is 0 Å². The molecule has 2 unspecified atom stereocenters. The van der Waals surface area contributed by atoms with Crippen LogP contribution in [-0.4, -0.2) is 23.6 Å². The fraction of sp³-hybridized carbons (Fsp3) is 0.625. The van der Waals surface area contributed by atoms with Crippen LogP contribution in [0, 0.1) is 0 Å². The van der Waals surface area contributed by atoms with Crippen molar-refractivity contribution in [1.29, 1.82) is 0 Å². The van der Waals surface area contributed by atoms with Crippen molar-refractivity contribution in [3.8, 4) is 0 Å². The first kappa shape index (κ1) is 14.0. The summed E-state index contributed by atoms with van der Waals surface area (Å²) in [5, 5.41) is 4.55. The predicted octanol–water partition coefficient (Wildman–Crippen LogP) is 3.88. The Kier molecular flexibility index (Phi) is 6.09. The van der Waals surface area contributed by atoms with Gasteiger partial charge in [-0.25, -0.2) is 0 Å². The highest BCUT2D eigenvalue weighted by molar-refractivity contribution is 8.00. The van der Waals surface area contributed by atoms with Crippen LogP contribution in [0.1, 0.15) is 38.2 Å². The molecule has 1 saturated heterocycles. The molecule has 18 heavy (non-hydrogen) atoms. The predicted molar refractivity (Wildman–Crippen MR) is 82.3 cm³/mol. The minimum Gasteiger partial charge on any atom is -0.313 e. The summed E-state index contributed by atoms with van der Waals surface area (Å²) in [6, 6.07) is 11.6. The van der Waals surface area contributed by atoms with Crippen LogP contribution in [0.4, 0.5) is 0 Å². The standard InChI is InChI=1S/C16H25NS/c1-2-17-15(16-12-7-13-18-16)11-6-10-14-8-4-3-5-9-14/h3-5,8-9,15-17H,2,6-7,10-13H2,1H3. The minimum atomic E-state index is 0.728. The third kappa shape index (κ3) is 4.33. The zero-order chi connectivity index (χ0) is 12.6. The highest BCUT2D eigenvalue weighted by Gasteiger charge is 2.24. The average Bonchev–Trinajstić information content (AvgIpc) is 2.93. The number of hydrogen-bond donors (Lipinski definition) is 1. The molecule has 2 rings (SSSR count). The zero-order valence-electron chi connectivity index (χ0n) is 11.4. The monoisotopic (exact) mass is 263 g/mol. The second-order valence-electron chi connectivity index (χ2n) is 5.09. The summed E-state index contributed by atoms with van der Waals surface area (Å²) >= 11 is 2.17. The molecule has 0 bridgehead atoms. The number of nitrogens with one attached hydrogen (secondary N) is 1. The quantitative estimate of drug-likeness (QED) is 0.801. The average molecular weight is 263 g/mol. The molecule has 0 aromatic heterocycles. The lowest BCUT2D eigenvalue weighted by molar-refractivity contribution is 0.456. The topological polar surface area (TPSA) is 12.0 Å². The van der Waals surface area contributed by atoms with Crippen LogP contribution >= 0.6 is 11.8 Å². The zero-order valence-corrected chi connectivity index (χ0v) is 12.2. The highest BCUT2D eigenvalue weighted by atomic mass is 32.2. The minimum absolute atomic E-state index is 0.728. The molecule has 0 aliphatic carbocycles. The number of hydrogen-bond acceptors (Lipinski definition) is 2. The van der Waals surface area contributed by atoms with E-state index in [-0.39, 0.29) is 0 Å². The molecule has 0 radical (unpaired) electrons. The summed E-state index contributed by atoms with van der Waals surface area (Å²) < 4.78 is 0. The maximum absolute atomic E-state index is 3.69. The molecule has 1 nitrogen and oxygen atoms in total. The van der Waals surface area contributed by atoms with Gasteiger partial charge in [-0.3, -0.25) is 0 Å². The Morgan fingerprint density at radius 3 is 2.83 bits per heavy atom. The molecule has 1 heterocycles. The molecule has 1 aromatic rings. The van der Waals surface area contributed by atoms with Gasteiger partial charge in [0.1, 0.15) is 0 Å². The SMILES string of the molecule is CCNC(CCCc1ccccc1)C1CCCS1. The van der Waals surface area contributed by atoms with Crippen molar-refractivity contribution >= 4 is 11.8 Å². The molecule has 0 saturated carbocycles. The molecule has 2 atom stereocenters. The number of thioether (sulfide) groups is 1. The fourth-order valence-electron chi connectivity index (χ4n) is 2.77. The van der Waals surface area contributed by atoms with E-state index in [2.05, 4.69) is 54.3 Å². The van der Waals surface area contributed by atoms with E-state index in [0.717, 1.165) is 17.8 Å². The van der Waals surface area contributed by atoms with Crippen molar-refractivity contribution in [2.24, 2.45) is 0 Å². The Morgan fingerprint density at radius 2 is 2.17 bits per heavy atom. The van der Waals surface area contributed by atoms with E-state index in [1.807, 2.05) is 0 Å². The van der Waals surface area contributed by atoms with Gasteiger partial charge in [-0.1, -0.05) is 37.3 Å². The fourth-order valence-corrected chi connectivity index (χ4v) is 4.21. The van der Waals surface area contributed by atoms with Crippen molar-refractivity contribution in [2.45, 2.75) is 50.3 Å². The summed E-state index contributed by atoms with van der Waals surface area (Å²) in [5.41, 5.74) is 1.48. The van der Waals surface area contributed by atoms with Gasteiger partial charge in [0, 0.05) is 11.3 Å². The molecule has 0 spiro atoms. The smallest absolute Gasteiger partial charge is 0.0201 e. The molecular formula is C16H25NS. The summed E-state index contributed by atoms with van der Waals surface area (Å²) in [6.45, 7) is 3.33. The van der Waals surface area contributed by atoms with Gasteiger partial charge in [0.15, 0.2) is 0 Å². The first-order valence-electron chi connectivity index (χ1n) is 7.29. The van der Waals surface area contributed by atoms with E-state index >= 15 is 0 Å². The summed E-state index contributed by atoms with van der Waals surface area (Å²) in [5.74, 6) is 1.37. The number of aryl methyl sites for hydroxylation is 1. The molecule has 1 aromatic carbocycles. The molecule has 1 aliphatic rings. The maximum Gasteiger partial charge on any atom is 0.0201 e. The molecule has 0 amide bonds. The van der Waals surface area contributed by atoms with Crippen LogP contribution in [0.2, 0.25) is 0 Å². The van der Waals surface area contributed by atoms with Crippen molar-refractivity contribution < 1.29 is 0 Å². The van der Waals surface area contributed by atoms with Crippen molar-refractivity contribution in [1.82, 2.24) is 5.32 Å². The first-order chi connectivity index (χ1) is 8.90. The lowest BCUT2D eigenvalue weighted by Gasteiger charge is -2.23. The number of rotatable bonds is 7. The highest BCUT2D eigenvalue weighted by Crippen LogP contribution is 2.30. The summed E-state index contributed by atoms with van der Waals surface area (Å²) in [4.78, 5) is 0. The van der Waals surface area contributed by atoms with Crippen LogP contribution < -0.4 is 5.32 Å². The van der Waals surface area contributed by atoms with Gasteiger partial charge < -0.3 is 5.32 Å². The van der Waals surface area contributed by atoms with Crippen LogP contribution in [0.3, 0.4) is 0 Å². The summed E-state index contributed by atoms with van der Waals surface area (Å²) in [7, 11) is 0. The van der Waals surface area contributed by atoms with Gasteiger partial charge >= 0.3 is 0 Å². The van der Waals surface area contributed by atoms with Crippen molar-refractivity contribution in [3.63, 3.8) is 0 Å². The molecule has 1 N–H and O–H groups in total. The molecule has 2 heteroatoms. The first-order valence-corrected chi connectivity index (χ1v) is 8.34. The van der Waals surface area contributed by atoms with Gasteiger partial charge in [0.05, 0.1) is 0 Å². The molecule has 100 valence electrons. The molecular weight excluding hydrogens is 238 g/mol. The van der Waals surface area contributed by atoms with Crippen LogP contribution in [0.15, 0.2) is 30.3 Å². The second kappa shape index (κ2) is 7.85. The Bertz CT molecular complexity index is 319. The van der Waals surface area contributed by atoms with E-state index in [0.29, 0.717) is 0 Å². The van der Waals surface area contributed by atoms with E-state index < -0.39 is 0 Å². The second-order valence-corrected chi connectivity index (χ2v) is 6.44. The molecule has 1 aliphatic heterocycles. The van der Waals surface area contributed by atoms with E-state index in [9.17, 15) is 0 Å². The van der Waals surface area contributed by atoms with Crippen LogP contribution in [0.5, 0.6) is 0 Å². The van der Waals surface area contributed by atoms with Gasteiger partial charge in [-0.05, 0) is 50.0 Å². The van der Waals surface area contributed by atoms with Gasteiger partial charge in [-0.15, -0.1) is 0 Å². The third-order valence-electron chi connectivity index (χ3n) is 3.70. The Morgan fingerprint density at radius 1 is 1.33 bits per heavy atom. The van der Waals surface area contributed by atoms with Gasteiger partial charge in [-0.2, -0.15) is 11.8 Å². The van der Waals surface area contributed by atoms with Crippen LogP contribution in [0.25, 0.3) is 0 Å². The largest absolute Gasteiger partial charge is 0.313 e. The number of benzene rings is 1. The van der Waals surface area contributed by atoms with Crippen molar-refractivity contribution in [2.75, 3.05) is 12.3 Å². The van der Waals surface area contributed by atoms with E-state index in [4.69, 9.17) is 0 Å². The Balaban J connectivity index is 1.75.